The quantitative estimate of drug-likeness (QED) is 0.477. The molecule has 10 heteroatoms. The lowest BCUT2D eigenvalue weighted by Gasteiger charge is -2.20. The highest BCUT2D eigenvalue weighted by molar-refractivity contribution is 7.08. The molecule has 2 aliphatic heterocycles. The minimum atomic E-state index is -0.867. The molecule has 0 spiro atoms. The van der Waals surface area contributed by atoms with Gasteiger partial charge in [0.05, 0.1) is 31.4 Å². The number of rotatable bonds is 8. The number of hydrogen-bond donors (Lipinski definition) is 4. The average Bonchev–Trinajstić information content (AvgIpc) is 3.50. The summed E-state index contributed by atoms with van der Waals surface area (Å²) in [5.41, 5.74) is 1.69. The van der Waals surface area contributed by atoms with Crippen LogP contribution in [0.15, 0.2) is 41.1 Å². The van der Waals surface area contributed by atoms with Gasteiger partial charge in [0.1, 0.15) is 24.1 Å². The van der Waals surface area contributed by atoms with Crippen molar-refractivity contribution in [2.45, 2.75) is 49.9 Å². The van der Waals surface area contributed by atoms with Crippen molar-refractivity contribution in [3.8, 4) is 5.75 Å². The van der Waals surface area contributed by atoms with Gasteiger partial charge in [-0.15, -0.1) is 0 Å². The first-order valence-corrected chi connectivity index (χ1v) is 11.4. The number of carbonyl (C=O) groups is 2. The van der Waals surface area contributed by atoms with Crippen LogP contribution in [0.4, 0.5) is 10.5 Å². The fourth-order valence-corrected chi connectivity index (χ4v) is 4.52. The van der Waals surface area contributed by atoms with Crippen LogP contribution < -0.4 is 20.7 Å². The summed E-state index contributed by atoms with van der Waals surface area (Å²) in [7, 11) is 1.61. The predicted octanol–water partition coefficient (Wildman–Crippen LogP) is 1.87. The van der Waals surface area contributed by atoms with E-state index in [9.17, 15) is 14.7 Å². The molecule has 0 aliphatic carbocycles. The number of methoxy groups -OCH3 is 1. The van der Waals surface area contributed by atoms with E-state index in [-0.39, 0.29) is 37.1 Å². The van der Waals surface area contributed by atoms with Crippen molar-refractivity contribution < 1.29 is 28.9 Å². The summed E-state index contributed by atoms with van der Waals surface area (Å²) in [6.07, 6.45) is -1.80. The third-order valence-corrected chi connectivity index (χ3v) is 6.27. The van der Waals surface area contributed by atoms with Crippen LogP contribution in [0.2, 0.25) is 0 Å². The summed E-state index contributed by atoms with van der Waals surface area (Å²) in [5.74, 6) is 0.643. The molecule has 3 heterocycles. The molecule has 0 bridgehead atoms. The standard InChI is InChI=1S/C22H27N3O6S/c1-29-15-4-2-13(3-5-15)10-23-19(26)9-16-8-17-21(30-16)20(27)18(31-17)11-24-22(28)25-14-6-7-32-12-14/h2-7,12,16-18,20-21,27H,8-11H2,1H3,(H,23,26)(H2,24,25,28). The van der Waals surface area contributed by atoms with Crippen molar-refractivity contribution >= 4 is 29.0 Å². The number of aliphatic hydroxyl groups is 1. The summed E-state index contributed by atoms with van der Waals surface area (Å²) in [6, 6.07) is 8.93. The molecular formula is C22H27N3O6S. The van der Waals surface area contributed by atoms with E-state index >= 15 is 0 Å². The van der Waals surface area contributed by atoms with Crippen LogP contribution in [0.1, 0.15) is 18.4 Å². The van der Waals surface area contributed by atoms with Crippen molar-refractivity contribution in [1.82, 2.24) is 10.6 Å². The number of aliphatic hydroxyl groups excluding tert-OH is 1. The van der Waals surface area contributed by atoms with E-state index in [0.717, 1.165) is 11.3 Å². The number of carbonyl (C=O) groups excluding carboxylic acids is 2. The summed E-state index contributed by atoms with van der Waals surface area (Å²) >= 11 is 1.49. The Morgan fingerprint density at radius 3 is 2.69 bits per heavy atom. The normalized spacial score (nSPS) is 26.4. The second-order valence-corrected chi connectivity index (χ2v) is 8.62. The summed E-state index contributed by atoms with van der Waals surface area (Å²) in [5, 5.41) is 22.5. The van der Waals surface area contributed by atoms with E-state index in [2.05, 4.69) is 16.0 Å². The van der Waals surface area contributed by atoms with Gasteiger partial charge >= 0.3 is 6.03 Å². The molecule has 3 amide bonds. The molecule has 4 rings (SSSR count). The number of fused-ring (bicyclic) bond motifs is 1. The van der Waals surface area contributed by atoms with Gasteiger partial charge in [0.15, 0.2) is 0 Å². The van der Waals surface area contributed by atoms with Gasteiger partial charge in [-0.3, -0.25) is 4.79 Å². The zero-order valence-corrected chi connectivity index (χ0v) is 18.5. The molecule has 4 N–H and O–H groups in total. The molecular weight excluding hydrogens is 434 g/mol. The maximum atomic E-state index is 12.3. The minimum Gasteiger partial charge on any atom is -0.497 e. The van der Waals surface area contributed by atoms with Crippen molar-refractivity contribution in [1.29, 1.82) is 0 Å². The van der Waals surface area contributed by atoms with Crippen molar-refractivity contribution in [3.05, 3.63) is 46.7 Å². The lowest BCUT2D eigenvalue weighted by atomic mass is 10.1. The Kier molecular flexibility index (Phi) is 7.26. The summed E-state index contributed by atoms with van der Waals surface area (Å²) in [6.45, 7) is 0.587. The SMILES string of the molecule is COc1ccc(CNC(=O)CC2CC3OC(CNC(=O)Nc4ccsc4)C(O)C3O2)cc1. The predicted molar refractivity (Wildman–Crippen MR) is 119 cm³/mol. The minimum absolute atomic E-state index is 0.122. The molecule has 1 aromatic heterocycles. The number of amides is 3. The zero-order chi connectivity index (χ0) is 22.5. The third kappa shape index (κ3) is 5.57. The second-order valence-electron chi connectivity index (χ2n) is 7.84. The van der Waals surface area contributed by atoms with Crippen LogP contribution in [-0.4, -0.2) is 61.2 Å². The largest absolute Gasteiger partial charge is 0.497 e. The van der Waals surface area contributed by atoms with E-state index in [1.807, 2.05) is 35.0 Å². The maximum Gasteiger partial charge on any atom is 0.319 e. The summed E-state index contributed by atoms with van der Waals surface area (Å²) in [4.78, 5) is 24.2. The number of urea groups is 1. The Morgan fingerprint density at radius 2 is 2.00 bits per heavy atom. The Labute approximate surface area is 190 Å². The molecule has 2 fully saturated rings. The molecule has 1 aromatic carbocycles. The van der Waals surface area contributed by atoms with E-state index in [1.165, 1.54) is 11.3 Å². The smallest absolute Gasteiger partial charge is 0.319 e. The van der Waals surface area contributed by atoms with E-state index in [1.54, 1.807) is 13.2 Å². The summed E-state index contributed by atoms with van der Waals surface area (Å²) < 4.78 is 16.9. The van der Waals surface area contributed by atoms with Gasteiger partial charge < -0.3 is 35.3 Å². The van der Waals surface area contributed by atoms with Gasteiger partial charge in [-0.2, -0.15) is 11.3 Å². The Balaban J connectivity index is 1.17. The van der Waals surface area contributed by atoms with E-state index in [4.69, 9.17) is 14.2 Å². The van der Waals surface area contributed by atoms with Gasteiger partial charge in [0.2, 0.25) is 5.91 Å². The van der Waals surface area contributed by atoms with Gasteiger partial charge in [0.25, 0.3) is 0 Å². The first-order valence-electron chi connectivity index (χ1n) is 10.5. The fourth-order valence-electron chi connectivity index (χ4n) is 3.94. The van der Waals surface area contributed by atoms with Gasteiger partial charge in [-0.05, 0) is 29.1 Å². The average molecular weight is 462 g/mol. The number of ether oxygens (including phenoxy) is 3. The third-order valence-electron chi connectivity index (χ3n) is 5.58. The monoisotopic (exact) mass is 461 g/mol. The molecule has 32 heavy (non-hydrogen) atoms. The van der Waals surface area contributed by atoms with Crippen LogP contribution in [-0.2, 0) is 20.8 Å². The second kappa shape index (κ2) is 10.3. The van der Waals surface area contributed by atoms with Crippen LogP contribution in [0.25, 0.3) is 0 Å². The number of benzene rings is 1. The highest BCUT2D eigenvalue weighted by Gasteiger charge is 2.50. The molecule has 5 unspecified atom stereocenters. The fraction of sp³-hybridized carbons (Fsp3) is 0.455. The molecule has 9 nitrogen and oxygen atoms in total. The van der Waals surface area contributed by atoms with Crippen molar-refractivity contribution in [3.63, 3.8) is 0 Å². The van der Waals surface area contributed by atoms with Crippen LogP contribution in [0.3, 0.4) is 0 Å². The highest BCUT2D eigenvalue weighted by atomic mass is 32.1. The van der Waals surface area contributed by atoms with Crippen molar-refractivity contribution in [2.75, 3.05) is 19.0 Å². The molecule has 2 saturated heterocycles. The first-order chi connectivity index (χ1) is 15.5. The number of hydrogen-bond acceptors (Lipinski definition) is 7. The molecule has 2 aliphatic rings. The lowest BCUT2D eigenvalue weighted by molar-refractivity contribution is -0.124. The van der Waals surface area contributed by atoms with Gasteiger partial charge in [-0.1, -0.05) is 12.1 Å². The maximum absolute atomic E-state index is 12.3. The molecule has 172 valence electrons. The van der Waals surface area contributed by atoms with E-state index in [0.29, 0.717) is 18.7 Å². The number of nitrogens with one attached hydrogen (secondary N) is 3. The van der Waals surface area contributed by atoms with Crippen LogP contribution in [0.5, 0.6) is 5.75 Å². The highest BCUT2D eigenvalue weighted by Crippen LogP contribution is 2.35. The number of thiophene rings is 1. The number of anilines is 1. The topological polar surface area (TPSA) is 118 Å². The lowest BCUT2D eigenvalue weighted by Crippen LogP contribution is -2.42. The Bertz CT molecular complexity index is 907. The van der Waals surface area contributed by atoms with Gasteiger partial charge in [0, 0.05) is 24.9 Å². The molecule has 5 atom stereocenters. The zero-order valence-electron chi connectivity index (χ0n) is 17.7. The van der Waals surface area contributed by atoms with Crippen molar-refractivity contribution in [2.24, 2.45) is 0 Å². The molecule has 0 radical (unpaired) electrons. The molecule has 2 aromatic rings. The van der Waals surface area contributed by atoms with E-state index < -0.39 is 18.3 Å². The first kappa shape index (κ1) is 22.5. The van der Waals surface area contributed by atoms with Crippen LogP contribution >= 0.6 is 11.3 Å². The molecule has 0 saturated carbocycles. The van der Waals surface area contributed by atoms with Crippen LogP contribution in [0, 0.1) is 0 Å². The van der Waals surface area contributed by atoms with Gasteiger partial charge in [-0.25, -0.2) is 4.79 Å². The Hall–Kier alpha value is -2.66. The Morgan fingerprint density at radius 1 is 1.19 bits per heavy atom.